The molecule has 0 unspecified atom stereocenters. The highest BCUT2D eigenvalue weighted by Crippen LogP contribution is 2.09. The number of aryl methyl sites for hydroxylation is 2. The molecule has 1 heterocycles. The second kappa shape index (κ2) is 4.13. The molecule has 0 spiro atoms. The Balaban J connectivity index is 2.02. The fraction of sp³-hybridized carbons (Fsp3) is 0.182. The van der Waals surface area contributed by atoms with Crippen LogP contribution in [0.15, 0.2) is 36.7 Å². The molecule has 0 atom stereocenters. The summed E-state index contributed by atoms with van der Waals surface area (Å²) in [5, 5.41) is 13.0. The summed E-state index contributed by atoms with van der Waals surface area (Å²) in [7, 11) is 0. The molecule has 0 aliphatic heterocycles. The van der Waals surface area contributed by atoms with Crippen LogP contribution in [0.5, 0.6) is 5.75 Å². The van der Waals surface area contributed by atoms with Crippen molar-refractivity contribution in [2.45, 2.75) is 13.0 Å². The Bertz CT molecular complexity index is 453. The van der Waals surface area contributed by atoms with E-state index in [1.165, 1.54) is 18.5 Å². The van der Waals surface area contributed by atoms with Gasteiger partial charge in [0.25, 0.3) is 0 Å². The molecule has 2 rings (SSSR count). The van der Waals surface area contributed by atoms with Crippen molar-refractivity contribution in [3.8, 4) is 5.75 Å². The zero-order chi connectivity index (χ0) is 10.7. The summed E-state index contributed by atoms with van der Waals surface area (Å²) in [5.74, 6) is -0.0718. The number of hydrogen-bond donors (Lipinski definition) is 1. The Morgan fingerprint density at radius 2 is 2.13 bits per heavy atom. The minimum atomic E-state index is -0.200. The van der Waals surface area contributed by atoms with Crippen molar-refractivity contribution >= 4 is 0 Å². The van der Waals surface area contributed by atoms with Gasteiger partial charge in [-0.2, -0.15) is 5.10 Å². The molecule has 0 saturated heterocycles. The van der Waals surface area contributed by atoms with Crippen LogP contribution in [0.2, 0.25) is 0 Å². The smallest absolute Gasteiger partial charge is 0.153 e. The van der Waals surface area contributed by atoms with Crippen molar-refractivity contribution in [2.75, 3.05) is 0 Å². The predicted molar refractivity (Wildman–Crippen MR) is 54.0 cm³/mol. The number of benzene rings is 1. The van der Waals surface area contributed by atoms with Crippen molar-refractivity contribution in [2.24, 2.45) is 0 Å². The maximum Gasteiger partial charge on any atom is 0.153 e. The van der Waals surface area contributed by atoms with Gasteiger partial charge in [-0.15, -0.1) is 0 Å². The molecule has 1 aromatic carbocycles. The molecule has 0 bridgehead atoms. The maximum absolute atomic E-state index is 13.2. The molecule has 0 fully saturated rings. The van der Waals surface area contributed by atoms with E-state index >= 15 is 0 Å². The zero-order valence-electron chi connectivity index (χ0n) is 8.10. The van der Waals surface area contributed by atoms with E-state index in [0.29, 0.717) is 18.5 Å². The number of nitrogens with zero attached hydrogens (tertiary/aromatic N) is 2. The van der Waals surface area contributed by atoms with Crippen molar-refractivity contribution in [1.29, 1.82) is 0 Å². The van der Waals surface area contributed by atoms with Gasteiger partial charge in [0.05, 0.1) is 12.4 Å². The third kappa shape index (κ3) is 2.34. The number of aromatic nitrogens is 2. The van der Waals surface area contributed by atoms with Gasteiger partial charge in [-0.05, 0) is 18.1 Å². The van der Waals surface area contributed by atoms with Gasteiger partial charge < -0.3 is 5.11 Å². The third-order valence-electron chi connectivity index (χ3n) is 2.19. The number of aromatic hydroxyl groups is 1. The first-order chi connectivity index (χ1) is 7.25. The fourth-order valence-electron chi connectivity index (χ4n) is 1.41. The van der Waals surface area contributed by atoms with Gasteiger partial charge in [0, 0.05) is 6.54 Å². The lowest BCUT2D eigenvalue weighted by Gasteiger charge is -2.02. The Labute approximate surface area is 86.8 Å². The normalized spacial score (nSPS) is 10.5. The van der Waals surface area contributed by atoms with E-state index in [0.717, 1.165) is 0 Å². The minimum Gasteiger partial charge on any atom is -0.505 e. The summed E-state index contributed by atoms with van der Waals surface area (Å²) >= 11 is 0. The third-order valence-corrected chi connectivity index (χ3v) is 2.19. The van der Waals surface area contributed by atoms with E-state index in [1.54, 1.807) is 22.9 Å². The molecule has 1 N–H and O–H groups in total. The summed E-state index contributed by atoms with van der Waals surface area (Å²) in [6, 6.07) is 6.66. The average molecular weight is 206 g/mol. The van der Waals surface area contributed by atoms with E-state index in [9.17, 15) is 4.39 Å². The van der Waals surface area contributed by atoms with Crippen LogP contribution in [-0.4, -0.2) is 14.9 Å². The van der Waals surface area contributed by atoms with E-state index in [1.807, 2.05) is 0 Å². The van der Waals surface area contributed by atoms with Crippen molar-refractivity contribution in [3.05, 3.63) is 48.0 Å². The molecule has 0 saturated carbocycles. The topological polar surface area (TPSA) is 38.1 Å². The van der Waals surface area contributed by atoms with Gasteiger partial charge >= 0.3 is 0 Å². The van der Waals surface area contributed by atoms with E-state index in [2.05, 4.69) is 5.10 Å². The lowest BCUT2D eigenvalue weighted by Crippen LogP contribution is -2.02. The Morgan fingerprint density at radius 1 is 1.33 bits per heavy atom. The lowest BCUT2D eigenvalue weighted by molar-refractivity contribution is 0.473. The monoisotopic (exact) mass is 206 g/mol. The van der Waals surface area contributed by atoms with Crippen LogP contribution in [0.4, 0.5) is 4.39 Å². The summed E-state index contributed by atoms with van der Waals surface area (Å²) in [4.78, 5) is 0. The molecular weight excluding hydrogens is 195 g/mol. The molecule has 78 valence electrons. The highest BCUT2D eigenvalue weighted by molar-refractivity contribution is 5.17. The largest absolute Gasteiger partial charge is 0.505 e. The molecule has 0 aliphatic rings. The van der Waals surface area contributed by atoms with Crippen LogP contribution in [0.1, 0.15) is 5.56 Å². The minimum absolute atomic E-state index is 0.128. The summed E-state index contributed by atoms with van der Waals surface area (Å²) in [6.07, 6.45) is 3.44. The first kappa shape index (κ1) is 9.71. The molecule has 0 radical (unpaired) electrons. The second-order valence-electron chi connectivity index (χ2n) is 3.30. The van der Waals surface area contributed by atoms with E-state index in [4.69, 9.17) is 5.11 Å². The van der Waals surface area contributed by atoms with Crippen molar-refractivity contribution in [3.63, 3.8) is 0 Å². The molecule has 0 aliphatic carbocycles. The van der Waals surface area contributed by atoms with Gasteiger partial charge in [0.2, 0.25) is 0 Å². The first-order valence-electron chi connectivity index (χ1n) is 4.70. The van der Waals surface area contributed by atoms with Gasteiger partial charge in [-0.3, -0.25) is 4.68 Å². The zero-order valence-corrected chi connectivity index (χ0v) is 8.10. The van der Waals surface area contributed by atoms with Crippen LogP contribution in [0.3, 0.4) is 0 Å². The second-order valence-corrected chi connectivity index (χ2v) is 3.30. The molecule has 3 nitrogen and oxygen atoms in total. The Hall–Kier alpha value is -1.84. The van der Waals surface area contributed by atoms with Crippen molar-refractivity contribution in [1.82, 2.24) is 9.78 Å². The van der Waals surface area contributed by atoms with Crippen LogP contribution in [0, 0.1) is 5.82 Å². The summed E-state index contributed by atoms with van der Waals surface area (Å²) < 4.78 is 14.8. The van der Waals surface area contributed by atoms with E-state index < -0.39 is 0 Å². The van der Waals surface area contributed by atoms with Gasteiger partial charge in [0.1, 0.15) is 5.82 Å². The standard InChI is InChI=1S/C11H11FN2O/c12-11-4-2-1-3-9(11)5-6-14-8-10(15)7-13-14/h1-4,7-8,15H,5-6H2. The molecule has 0 amide bonds. The van der Waals surface area contributed by atoms with Gasteiger partial charge in [0.15, 0.2) is 5.75 Å². The molecule has 1 aromatic heterocycles. The predicted octanol–water partition coefficient (Wildman–Crippen LogP) is 1.97. The number of halogens is 1. The highest BCUT2D eigenvalue weighted by atomic mass is 19.1. The lowest BCUT2D eigenvalue weighted by atomic mass is 10.1. The maximum atomic E-state index is 13.2. The van der Waals surface area contributed by atoms with Crippen LogP contribution >= 0.6 is 0 Å². The summed E-state index contributed by atoms with van der Waals surface area (Å²) in [5.41, 5.74) is 0.660. The van der Waals surface area contributed by atoms with Crippen molar-refractivity contribution < 1.29 is 9.50 Å². The number of hydrogen-bond acceptors (Lipinski definition) is 2. The average Bonchev–Trinajstić information content (AvgIpc) is 2.63. The number of rotatable bonds is 3. The molecule has 15 heavy (non-hydrogen) atoms. The molecule has 4 heteroatoms. The Kier molecular flexibility index (Phi) is 2.67. The molecule has 2 aromatic rings. The van der Waals surface area contributed by atoms with Gasteiger partial charge in [-0.25, -0.2) is 4.39 Å². The van der Waals surface area contributed by atoms with Crippen LogP contribution in [-0.2, 0) is 13.0 Å². The fourth-order valence-corrected chi connectivity index (χ4v) is 1.41. The van der Waals surface area contributed by atoms with E-state index in [-0.39, 0.29) is 11.6 Å². The highest BCUT2D eigenvalue weighted by Gasteiger charge is 2.01. The first-order valence-corrected chi connectivity index (χ1v) is 4.70. The Morgan fingerprint density at radius 3 is 2.80 bits per heavy atom. The molecular formula is C11H11FN2O. The van der Waals surface area contributed by atoms with Gasteiger partial charge in [-0.1, -0.05) is 18.2 Å². The quantitative estimate of drug-likeness (QED) is 0.833. The van der Waals surface area contributed by atoms with Crippen LogP contribution in [0.25, 0.3) is 0 Å². The summed E-state index contributed by atoms with van der Waals surface area (Å²) in [6.45, 7) is 0.557. The van der Waals surface area contributed by atoms with Crippen LogP contribution < -0.4 is 0 Å². The SMILES string of the molecule is Oc1cnn(CCc2ccccc2F)c1.